The molecule has 0 saturated carbocycles. The lowest BCUT2D eigenvalue weighted by atomic mass is 10.1. The average molecular weight is 506 g/mol. The van der Waals surface area contributed by atoms with Crippen molar-refractivity contribution in [3.8, 4) is 0 Å². The monoisotopic (exact) mass is 504 g/mol. The van der Waals surface area contributed by atoms with Crippen molar-refractivity contribution in [3.63, 3.8) is 0 Å². The summed E-state index contributed by atoms with van der Waals surface area (Å²) in [4.78, 5) is 7.76. The van der Waals surface area contributed by atoms with Crippen LogP contribution in [0.5, 0.6) is 0 Å². The topological polar surface area (TPSA) is 33.2 Å². The number of pyridine rings is 1. The highest BCUT2D eigenvalue weighted by Gasteiger charge is 2.26. The highest BCUT2D eigenvalue weighted by atomic mass is 35.5. The molecule has 0 spiro atoms. The molecule has 8 heteroatoms. The zero-order valence-corrected chi connectivity index (χ0v) is 20.3. The van der Waals surface area contributed by atoms with Gasteiger partial charge in [0.15, 0.2) is 0 Å². The number of halogens is 4. The van der Waals surface area contributed by atoms with E-state index in [9.17, 15) is 4.21 Å². The van der Waals surface area contributed by atoms with Crippen LogP contribution in [0.25, 0.3) is 10.9 Å². The first-order valence-electron chi connectivity index (χ1n) is 9.52. The Morgan fingerprint density at radius 3 is 2.50 bits per heavy atom. The summed E-state index contributed by atoms with van der Waals surface area (Å²) in [6.45, 7) is 2.87. The molecule has 1 aliphatic heterocycles. The third kappa shape index (κ3) is 5.87. The lowest BCUT2D eigenvalue weighted by molar-refractivity contribution is 0.234. The van der Waals surface area contributed by atoms with Crippen LogP contribution in [-0.4, -0.2) is 39.0 Å². The van der Waals surface area contributed by atoms with E-state index >= 15 is 0 Å². The van der Waals surface area contributed by atoms with Crippen LogP contribution in [-0.2, 0) is 17.2 Å². The molecule has 3 aromatic rings. The standard InChI is InChI=1S/C22H22Cl2N2OS.2ClH/c23-18-7-6-16(20(24)15-18)8-12-26-13-9-19(10-14-26)28(27)21-5-1-3-17-4-2-11-25-22(17)21;;/h1-7,11,15,19H,8-10,12-14H2;2*1H. The van der Waals surface area contributed by atoms with Crippen molar-refractivity contribution >= 4 is 69.7 Å². The average Bonchev–Trinajstić information content (AvgIpc) is 2.72. The van der Waals surface area contributed by atoms with Crippen LogP contribution in [0.15, 0.2) is 59.6 Å². The Kier molecular flexibility index (Phi) is 9.86. The summed E-state index contributed by atoms with van der Waals surface area (Å²) in [5, 5.41) is 2.63. The summed E-state index contributed by atoms with van der Waals surface area (Å²) in [6, 6.07) is 15.6. The zero-order valence-electron chi connectivity index (χ0n) is 16.3. The smallest absolute Gasteiger partial charge is 0.0863 e. The first kappa shape index (κ1) is 25.4. The molecule has 0 amide bonds. The Bertz CT molecular complexity index is 1000. The Hall–Kier alpha value is -0.880. The number of benzene rings is 2. The summed E-state index contributed by atoms with van der Waals surface area (Å²) in [5.41, 5.74) is 1.99. The van der Waals surface area contributed by atoms with Crippen molar-refractivity contribution in [3.05, 3.63) is 70.3 Å². The van der Waals surface area contributed by atoms with Crippen molar-refractivity contribution in [2.24, 2.45) is 0 Å². The first-order chi connectivity index (χ1) is 13.6. The lowest BCUT2D eigenvalue weighted by Crippen LogP contribution is -2.38. The fourth-order valence-corrected chi connectivity index (χ4v) is 5.84. The molecule has 0 aliphatic carbocycles. The van der Waals surface area contributed by atoms with Gasteiger partial charge in [0.1, 0.15) is 0 Å². The number of aromatic nitrogens is 1. The van der Waals surface area contributed by atoms with Gasteiger partial charge in [-0.25, -0.2) is 0 Å². The SMILES string of the molecule is Cl.Cl.O=S(c1cccc2cccnc12)C1CCN(CCc2ccc(Cl)cc2Cl)CC1. The Morgan fingerprint density at radius 1 is 1.03 bits per heavy atom. The number of hydrogen-bond donors (Lipinski definition) is 0. The second kappa shape index (κ2) is 11.7. The molecule has 2 heterocycles. The normalized spacial score (nSPS) is 15.9. The molecule has 0 N–H and O–H groups in total. The van der Waals surface area contributed by atoms with E-state index in [0.717, 1.165) is 65.3 Å². The van der Waals surface area contributed by atoms with Crippen LogP contribution in [0, 0.1) is 0 Å². The maximum atomic E-state index is 13.2. The molecule has 1 aliphatic rings. The van der Waals surface area contributed by atoms with Gasteiger partial charge in [-0.15, -0.1) is 24.8 Å². The maximum Gasteiger partial charge on any atom is 0.0863 e. The van der Waals surface area contributed by atoms with Crippen molar-refractivity contribution in [2.75, 3.05) is 19.6 Å². The summed E-state index contributed by atoms with van der Waals surface area (Å²) in [5.74, 6) is 0. The molecule has 1 unspecified atom stereocenters. The minimum Gasteiger partial charge on any atom is -0.303 e. The van der Waals surface area contributed by atoms with Crippen LogP contribution in [0.3, 0.4) is 0 Å². The third-order valence-electron chi connectivity index (χ3n) is 5.36. The van der Waals surface area contributed by atoms with Gasteiger partial charge in [0.05, 0.1) is 21.2 Å². The molecule has 0 radical (unpaired) electrons. The maximum absolute atomic E-state index is 13.2. The highest BCUT2D eigenvalue weighted by Crippen LogP contribution is 2.27. The second-order valence-corrected chi connectivity index (χ2v) is 9.70. The van der Waals surface area contributed by atoms with Gasteiger partial charge in [0.25, 0.3) is 0 Å². The third-order valence-corrected chi connectivity index (χ3v) is 7.79. The fraction of sp³-hybridized carbons (Fsp3) is 0.318. The minimum absolute atomic E-state index is 0. The Balaban J connectivity index is 0.00000160. The van der Waals surface area contributed by atoms with Crippen LogP contribution < -0.4 is 0 Å². The number of piperidine rings is 1. The molecule has 1 saturated heterocycles. The van der Waals surface area contributed by atoms with Crippen LogP contribution in [0.1, 0.15) is 18.4 Å². The summed E-state index contributed by atoms with van der Waals surface area (Å²) >= 11 is 12.2. The predicted molar refractivity (Wildman–Crippen MR) is 132 cm³/mol. The van der Waals surface area contributed by atoms with E-state index in [1.165, 1.54) is 0 Å². The number of likely N-dealkylation sites (tertiary alicyclic amines) is 1. The summed E-state index contributed by atoms with van der Waals surface area (Å²) in [6.07, 6.45) is 4.54. The van der Waals surface area contributed by atoms with E-state index in [1.807, 2.05) is 42.5 Å². The van der Waals surface area contributed by atoms with E-state index in [-0.39, 0.29) is 30.1 Å². The van der Waals surface area contributed by atoms with Gasteiger partial charge in [-0.1, -0.05) is 47.5 Å². The van der Waals surface area contributed by atoms with Gasteiger partial charge < -0.3 is 4.90 Å². The van der Waals surface area contributed by atoms with Crippen molar-refractivity contribution < 1.29 is 4.21 Å². The Morgan fingerprint density at radius 2 is 1.77 bits per heavy atom. The molecule has 30 heavy (non-hydrogen) atoms. The van der Waals surface area contributed by atoms with Crippen molar-refractivity contribution in [1.29, 1.82) is 0 Å². The number of para-hydroxylation sites is 1. The molecule has 162 valence electrons. The van der Waals surface area contributed by atoms with Crippen LogP contribution >= 0.6 is 48.0 Å². The van der Waals surface area contributed by atoms with Crippen molar-refractivity contribution in [1.82, 2.24) is 9.88 Å². The molecule has 2 aromatic carbocycles. The number of fused-ring (bicyclic) bond motifs is 1. The van der Waals surface area contributed by atoms with E-state index in [4.69, 9.17) is 23.2 Å². The molecule has 1 aromatic heterocycles. The zero-order chi connectivity index (χ0) is 19.5. The highest BCUT2D eigenvalue weighted by molar-refractivity contribution is 7.86. The summed E-state index contributed by atoms with van der Waals surface area (Å²) in [7, 11) is -1.03. The number of hydrogen-bond acceptors (Lipinski definition) is 3. The van der Waals surface area contributed by atoms with Gasteiger partial charge in [-0.3, -0.25) is 9.19 Å². The van der Waals surface area contributed by atoms with Gasteiger partial charge in [0.2, 0.25) is 0 Å². The molecular weight excluding hydrogens is 482 g/mol. The van der Waals surface area contributed by atoms with E-state index < -0.39 is 10.8 Å². The van der Waals surface area contributed by atoms with E-state index in [2.05, 4.69) is 9.88 Å². The van der Waals surface area contributed by atoms with Gasteiger partial charge in [-0.05, 0) is 62.2 Å². The lowest BCUT2D eigenvalue weighted by Gasteiger charge is -2.31. The largest absolute Gasteiger partial charge is 0.303 e. The van der Waals surface area contributed by atoms with Gasteiger partial charge in [0, 0.05) is 33.4 Å². The van der Waals surface area contributed by atoms with E-state index in [0.29, 0.717) is 5.02 Å². The molecule has 4 rings (SSSR count). The fourth-order valence-electron chi connectivity index (χ4n) is 3.77. The second-order valence-electron chi connectivity index (χ2n) is 7.16. The quantitative estimate of drug-likeness (QED) is 0.413. The molecule has 0 bridgehead atoms. The molecule has 1 fully saturated rings. The number of rotatable bonds is 5. The molecule has 1 atom stereocenters. The van der Waals surface area contributed by atoms with Crippen LogP contribution in [0.4, 0.5) is 0 Å². The summed E-state index contributed by atoms with van der Waals surface area (Å²) < 4.78 is 13.2. The predicted octanol–water partition coefficient (Wildman–Crippen LogP) is 6.20. The van der Waals surface area contributed by atoms with Gasteiger partial charge >= 0.3 is 0 Å². The number of nitrogens with zero attached hydrogens (tertiary/aromatic N) is 2. The van der Waals surface area contributed by atoms with Gasteiger partial charge in [-0.2, -0.15) is 0 Å². The molecular formula is C22H24Cl4N2OS. The van der Waals surface area contributed by atoms with E-state index in [1.54, 1.807) is 12.3 Å². The van der Waals surface area contributed by atoms with Crippen LogP contribution in [0.2, 0.25) is 10.0 Å². The first-order valence-corrected chi connectivity index (χ1v) is 11.5. The Labute approximate surface area is 202 Å². The molecule has 3 nitrogen and oxygen atoms in total. The van der Waals surface area contributed by atoms with Crippen molar-refractivity contribution in [2.45, 2.75) is 29.4 Å². The minimum atomic E-state index is -1.03.